The van der Waals surface area contributed by atoms with E-state index in [-0.39, 0.29) is 22.2 Å². The van der Waals surface area contributed by atoms with Gasteiger partial charge in [0.1, 0.15) is 4.99 Å². The smallest absolute Gasteiger partial charge is 0.182 e. The molecule has 0 amide bonds. The third kappa shape index (κ3) is 3.10. The third-order valence-electron chi connectivity index (χ3n) is 2.82. The summed E-state index contributed by atoms with van der Waals surface area (Å²) in [5.41, 5.74) is 5.32. The molecule has 3 nitrogen and oxygen atoms in total. The van der Waals surface area contributed by atoms with E-state index in [9.17, 15) is 8.78 Å². The minimum atomic E-state index is -1.02. The number of benzene rings is 1. The lowest BCUT2D eigenvalue weighted by Gasteiger charge is -2.13. The van der Waals surface area contributed by atoms with Gasteiger partial charge in [0.15, 0.2) is 11.6 Å². The fraction of sp³-hybridized carbons (Fsp3) is 0.231. The Hall–Kier alpha value is -1.60. The van der Waals surface area contributed by atoms with Crippen LogP contribution < -0.4 is 11.1 Å². The quantitative estimate of drug-likeness (QED) is 0.832. The van der Waals surface area contributed by atoms with Crippen molar-refractivity contribution in [3.8, 4) is 0 Å². The van der Waals surface area contributed by atoms with Gasteiger partial charge in [-0.1, -0.05) is 19.1 Å². The summed E-state index contributed by atoms with van der Waals surface area (Å²) in [7, 11) is 0. The number of rotatable bonds is 5. The molecule has 0 aliphatic rings. The van der Waals surface area contributed by atoms with Gasteiger partial charge < -0.3 is 11.1 Å². The number of nitrogens with one attached hydrogen (secondary N) is 1. The summed E-state index contributed by atoms with van der Waals surface area (Å²) in [4.78, 5) is 4.02. The molecule has 7 heteroatoms. The summed E-state index contributed by atoms with van der Waals surface area (Å²) in [6.45, 7) is 2.42. The van der Waals surface area contributed by atoms with E-state index in [4.69, 9.17) is 5.73 Å². The van der Waals surface area contributed by atoms with Crippen LogP contribution in [0, 0.1) is 11.6 Å². The minimum Gasteiger partial charge on any atom is -0.389 e. The van der Waals surface area contributed by atoms with E-state index >= 15 is 0 Å². The number of hydrogen-bond donors (Lipinski definition) is 2. The van der Waals surface area contributed by atoms with Gasteiger partial charge in [0.25, 0.3) is 0 Å². The summed E-state index contributed by atoms with van der Waals surface area (Å²) >= 11 is 6.18. The van der Waals surface area contributed by atoms with Crippen LogP contribution in [-0.2, 0) is 0 Å². The second-order valence-electron chi connectivity index (χ2n) is 4.31. The van der Waals surface area contributed by atoms with Gasteiger partial charge >= 0.3 is 0 Å². The van der Waals surface area contributed by atoms with Crippen molar-refractivity contribution in [2.24, 2.45) is 5.73 Å². The molecule has 106 valence electrons. The predicted molar refractivity (Wildman–Crippen MR) is 81.3 cm³/mol. The van der Waals surface area contributed by atoms with Crippen molar-refractivity contribution in [1.29, 1.82) is 0 Å². The molecule has 0 aliphatic heterocycles. The van der Waals surface area contributed by atoms with Crippen molar-refractivity contribution in [2.75, 3.05) is 11.9 Å². The zero-order valence-corrected chi connectivity index (χ0v) is 12.3. The molecule has 1 heterocycles. The SMILES string of the molecule is CC(CNc1ccc(C(N)=S)c(F)c1F)c1nccs1. The molecule has 0 aliphatic carbocycles. The van der Waals surface area contributed by atoms with Gasteiger partial charge in [0.05, 0.1) is 10.7 Å². The second-order valence-corrected chi connectivity index (χ2v) is 5.67. The van der Waals surface area contributed by atoms with Gasteiger partial charge in [-0.15, -0.1) is 11.3 Å². The largest absolute Gasteiger partial charge is 0.389 e. The maximum atomic E-state index is 13.8. The highest BCUT2D eigenvalue weighted by Gasteiger charge is 2.16. The molecule has 1 atom stereocenters. The molecular formula is C13H13F2N3S2. The van der Waals surface area contributed by atoms with Crippen molar-refractivity contribution in [3.63, 3.8) is 0 Å². The number of thiocarbonyl (C=S) groups is 1. The highest BCUT2D eigenvalue weighted by atomic mass is 32.1. The van der Waals surface area contributed by atoms with Gasteiger partial charge in [0, 0.05) is 29.6 Å². The average molecular weight is 313 g/mol. The maximum Gasteiger partial charge on any atom is 0.182 e. The Balaban J connectivity index is 2.11. The number of hydrogen-bond acceptors (Lipinski definition) is 4. The summed E-state index contributed by atoms with van der Waals surface area (Å²) in [6, 6.07) is 2.80. The van der Waals surface area contributed by atoms with Crippen LogP contribution in [0.15, 0.2) is 23.7 Å². The van der Waals surface area contributed by atoms with Gasteiger partial charge in [0.2, 0.25) is 0 Å². The molecule has 1 aromatic carbocycles. The van der Waals surface area contributed by atoms with E-state index < -0.39 is 11.6 Å². The molecule has 1 unspecified atom stereocenters. The molecule has 2 rings (SSSR count). The van der Waals surface area contributed by atoms with Gasteiger partial charge in [-0.05, 0) is 12.1 Å². The molecule has 2 aromatic rings. The summed E-state index contributed by atoms with van der Waals surface area (Å²) < 4.78 is 27.6. The lowest BCUT2D eigenvalue weighted by atomic mass is 10.1. The standard InChI is InChI=1S/C13H13F2N3S2/c1-7(13-17-4-5-20-13)6-18-9-3-2-8(12(16)19)10(14)11(9)15/h2-5,7,18H,6H2,1H3,(H2,16,19). The van der Waals surface area contributed by atoms with Crippen molar-refractivity contribution >= 4 is 34.2 Å². The first-order valence-corrected chi connectivity index (χ1v) is 7.20. The van der Waals surface area contributed by atoms with E-state index in [1.54, 1.807) is 6.20 Å². The highest BCUT2D eigenvalue weighted by molar-refractivity contribution is 7.80. The number of halogens is 2. The summed E-state index contributed by atoms with van der Waals surface area (Å²) in [5, 5.41) is 5.70. The topological polar surface area (TPSA) is 50.9 Å². The van der Waals surface area contributed by atoms with Crippen molar-refractivity contribution < 1.29 is 8.78 Å². The van der Waals surface area contributed by atoms with Crippen LogP contribution >= 0.6 is 23.6 Å². The molecule has 0 spiro atoms. The van der Waals surface area contributed by atoms with Crippen LogP contribution in [0.1, 0.15) is 23.4 Å². The molecule has 0 fully saturated rings. The Bertz CT molecular complexity index is 614. The van der Waals surface area contributed by atoms with Crippen LogP contribution in [0.2, 0.25) is 0 Å². The van der Waals surface area contributed by atoms with E-state index in [2.05, 4.69) is 22.5 Å². The first-order chi connectivity index (χ1) is 9.50. The van der Waals surface area contributed by atoms with Crippen LogP contribution in [0.3, 0.4) is 0 Å². The first kappa shape index (κ1) is 14.8. The number of aromatic nitrogens is 1. The fourth-order valence-electron chi connectivity index (χ4n) is 1.70. The first-order valence-electron chi connectivity index (χ1n) is 5.91. The maximum absolute atomic E-state index is 13.8. The minimum absolute atomic E-state index is 0.0870. The van der Waals surface area contributed by atoms with E-state index in [0.717, 1.165) is 5.01 Å². The lowest BCUT2D eigenvalue weighted by molar-refractivity contribution is 0.509. The molecular weight excluding hydrogens is 300 g/mol. The van der Waals surface area contributed by atoms with Crippen LogP contribution in [0.25, 0.3) is 0 Å². The number of nitrogens with zero attached hydrogens (tertiary/aromatic N) is 1. The van der Waals surface area contributed by atoms with E-state index in [1.807, 2.05) is 12.3 Å². The number of nitrogens with two attached hydrogens (primary N) is 1. The Morgan fingerprint density at radius 2 is 2.20 bits per heavy atom. The molecule has 0 saturated carbocycles. The zero-order chi connectivity index (χ0) is 14.7. The van der Waals surface area contributed by atoms with Crippen molar-refractivity contribution in [1.82, 2.24) is 4.98 Å². The second kappa shape index (κ2) is 6.23. The monoisotopic (exact) mass is 313 g/mol. The van der Waals surface area contributed by atoms with Crippen LogP contribution in [-0.4, -0.2) is 16.5 Å². The zero-order valence-electron chi connectivity index (χ0n) is 10.7. The molecule has 0 bridgehead atoms. The molecule has 1 aromatic heterocycles. The Kier molecular flexibility index (Phi) is 4.61. The van der Waals surface area contributed by atoms with Crippen molar-refractivity contribution in [2.45, 2.75) is 12.8 Å². The summed E-state index contributed by atoms with van der Waals surface area (Å²) in [5.74, 6) is -1.89. The Morgan fingerprint density at radius 1 is 1.45 bits per heavy atom. The molecule has 3 N–H and O–H groups in total. The normalized spacial score (nSPS) is 12.2. The molecule has 20 heavy (non-hydrogen) atoms. The average Bonchev–Trinajstić information content (AvgIpc) is 2.93. The van der Waals surface area contributed by atoms with Gasteiger partial charge in [-0.25, -0.2) is 13.8 Å². The lowest BCUT2D eigenvalue weighted by Crippen LogP contribution is -2.15. The molecule has 0 radical (unpaired) electrons. The number of anilines is 1. The summed E-state index contributed by atoms with van der Waals surface area (Å²) in [6.07, 6.45) is 1.72. The Labute approximate surface area is 124 Å². The van der Waals surface area contributed by atoms with E-state index in [1.165, 1.54) is 23.5 Å². The molecule has 0 saturated heterocycles. The number of thiazole rings is 1. The van der Waals surface area contributed by atoms with Crippen LogP contribution in [0.4, 0.5) is 14.5 Å². The predicted octanol–water partition coefficient (Wildman–Crippen LogP) is 3.27. The van der Waals surface area contributed by atoms with Crippen LogP contribution in [0.5, 0.6) is 0 Å². The van der Waals surface area contributed by atoms with E-state index in [0.29, 0.717) is 6.54 Å². The fourth-order valence-corrected chi connectivity index (χ4v) is 2.56. The Morgan fingerprint density at radius 3 is 2.80 bits per heavy atom. The third-order valence-corrected chi connectivity index (χ3v) is 4.05. The van der Waals surface area contributed by atoms with Gasteiger partial charge in [-0.2, -0.15) is 0 Å². The van der Waals surface area contributed by atoms with Crippen molar-refractivity contribution in [3.05, 3.63) is 45.9 Å². The van der Waals surface area contributed by atoms with Gasteiger partial charge in [-0.3, -0.25) is 0 Å². The highest BCUT2D eigenvalue weighted by Crippen LogP contribution is 2.23.